The molecule has 2 heterocycles. The number of nitrogens with two attached hydrogens (primary N) is 1. The quantitative estimate of drug-likeness (QED) is 0.128. The number of Topliss-reactive ketones (excluding diaryl/α,β-unsaturated/α-hetero) is 1. The highest BCUT2D eigenvalue weighted by Crippen LogP contribution is 2.48. The van der Waals surface area contributed by atoms with Crippen LogP contribution in [0.1, 0.15) is 29.8 Å². The second-order valence-electron chi connectivity index (χ2n) is 8.90. The average Bonchev–Trinajstić information content (AvgIpc) is 2.96. The number of anilines is 1. The van der Waals surface area contributed by atoms with E-state index in [-0.39, 0.29) is 52.6 Å². The van der Waals surface area contributed by atoms with Gasteiger partial charge >= 0.3 is 7.60 Å². The van der Waals surface area contributed by atoms with Gasteiger partial charge in [0.2, 0.25) is 0 Å². The lowest BCUT2D eigenvalue weighted by Gasteiger charge is -2.19. The predicted octanol–water partition coefficient (Wildman–Crippen LogP) is 6.57. The molecular weight excluding hydrogens is 607 g/mol. The van der Waals surface area contributed by atoms with Gasteiger partial charge in [0.25, 0.3) is 5.56 Å². The summed E-state index contributed by atoms with van der Waals surface area (Å²) in [7, 11) is -3.71. The molecule has 0 saturated carbocycles. The fourth-order valence-electron chi connectivity index (χ4n) is 4.00. The first-order valence-corrected chi connectivity index (χ1v) is 15.1. The highest BCUT2D eigenvalue weighted by molar-refractivity contribution is 7.53. The number of hydrogen-bond donors (Lipinski definition) is 1. The van der Waals surface area contributed by atoms with Crippen LogP contribution in [0.25, 0.3) is 5.69 Å². The number of halogens is 3. The molecule has 226 valence electrons. The molecule has 0 atom stereocenters. The molecule has 14 heteroatoms. The Morgan fingerprint density at radius 3 is 2.35 bits per heavy atom. The molecule has 0 aliphatic heterocycles. The predicted molar refractivity (Wildman–Crippen MR) is 157 cm³/mol. The summed E-state index contributed by atoms with van der Waals surface area (Å²) in [4.78, 5) is 31.0. The number of rotatable bonds is 13. The van der Waals surface area contributed by atoms with Crippen molar-refractivity contribution >= 4 is 30.8 Å². The summed E-state index contributed by atoms with van der Waals surface area (Å²) < 4.78 is 64.2. The summed E-state index contributed by atoms with van der Waals surface area (Å²) in [5.41, 5.74) is 4.97. The van der Waals surface area contributed by atoms with Crippen molar-refractivity contribution in [3.8, 4) is 22.9 Å². The first kappa shape index (κ1) is 31.8. The van der Waals surface area contributed by atoms with E-state index in [0.29, 0.717) is 0 Å². The van der Waals surface area contributed by atoms with Crippen molar-refractivity contribution in [1.29, 1.82) is 0 Å². The molecule has 0 unspecified atom stereocenters. The van der Waals surface area contributed by atoms with E-state index in [2.05, 4.69) is 4.98 Å². The number of nitrogens with zero attached hydrogens (tertiary/aromatic N) is 2. The van der Waals surface area contributed by atoms with Crippen LogP contribution < -0.4 is 20.8 Å². The maximum absolute atomic E-state index is 15.0. The lowest BCUT2D eigenvalue weighted by atomic mass is 10.0. The molecule has 0 aliphatic carbocycles. The van der Waals surface area contributed by atoms with Gasteiger partial charge in [0.05, 0.1) is 13.2 Å². The summed E-state index contributed by atoms with van der Waals surface area (Å²) in [5.74, 6) is -2.32. The Morgan fingerprint density at radius 2 is 1.70 bits per heavy atom. The van der Waals surface area contributed by atoms with E-state index in [0.717, 1.165) is 22.8 Å². The van der Waals surface area contributed by atoms with E-state index >= 15 is 0 Å². The Kier molecular flexibility index (Phi) is 10.3. The molecule has 43 heavy (non-hydrogen) atoms. The first-order valence-electron chi connectivity index (χ1n) is 13.0. The maximum Gasteiger partial charge on any atom is 0.367 e. The number of ether oxygens (including phenoxy) is 2. The zero-order valence-electron chi connectivity index (χ0n) is 23.1. The minimum Gasteiger partial charge on any atom is -0.480 e. The molecular formula is C29H27ClF2N3O7P. The van der Waals surface area contributed by atoms with Crippen LogP contribution in [-0.2, 0) is 20.0 Å². The molecule has 4 aromatic rings. The van der Waals surface area contributed by atoms with Crippen molar-refractivity contribution < 1.29 is 36.7 Å². The zero-order chi connectivity index (χ0) is 31.1. The molecule has 10 nitrogen and oxygen atoms in total. The van der Waals surface area contributed by atoms with Crippen LogP contribution in [0.2, 0.25) is 5.02 Å². The lowest BCUT2D eigenvalue weighted by molar-refractivity contribution is 0.0986. The molecule has 0 bridgehead atoms. The summed E-state index contributed by atoms with van der Waals surface area (Å²) >= 11 is 6.07. The van der Waals surface area contributed by atoms with E-state index in [1.807, 2.05) is 0 Å². The number of carbonyl (C=O) groups is 1. The SMILES string of the molecule is CCOP(=O)(COc1ccn(-c2ccc(F)cc2)c(=O)c1C(=O)Cc1ccc(Oc2ccnc(N)c2Cl)c(F)c1)OCC. The van der Waals surface area contributed by atoms with Crippen molar-refractivity contribution in [2.24, 2.45) is 0 Å². The fourth-order valence-corrected chi connectivity index (χ4v) is 5.46. The molecule has 0 saturated heterocycles. The Labute approximate surface area is 250 Å². The monoisotopic (exact) mass is 633 g/mol. The van der Waals surface area contributed by atoms with Gasteiger partial charge in [-0.15, -0.1) is 0 Å². The second-order valence-corrected chi connectivity index (χ2v) is 11.3. The summed E-state index contributed by atoms with van der Waals surface area (Å²) in [6.45, 7) is 3.40. The number of hydrogen-bond acceptors (Lipinski definition) is 9. The van der Waals surface area contributed by atoms with Gasteiger partial charge in [0, 0.05) is 30.6 Å². The van der Waals surface area contributed by atoms with Gasteiger partial charge in [0.1, 0.15) is 28.0 Å². The highest BCUT2D eigenvalue weighted by atomic mass is 35.5. The van der Waals surface area contributed by atoms with Crippen molar-refractivity contribution in [2.45, 2.75) is 20.3 Å². The number of nitrogen functional groups attached to an aromatic ring is 1. The third kappa shape index (κ3) is 7.66. The number of benzene rings is 2. The van der Waals surface area contributed by atoms with Gasteiger partial charge in [-0.1, -0.05) is 17.7 Å². The molecule has 0 aliphatic rings. The van der Waals surface area contributed by atoms with Gasteiger partial charge in [-0.05, 0) is 61.9 Å². The highest BCUT2D eigenvalue weighted by Gasteiger charge is 2.28. The molecule has 0 fully saturated rings. The van der Waals surface area contributed by atoms with Crippen LogP contribution >= 0.6 is 19.2 Å². The van der Waals surface area contributed by atoms with Gasteiger partial charge in [-0.25, -0.2) is 13.8 Å². The standard InChI is InChI=1S/C29H27ClF2N3O7P/c1-3-40-43(38,41-4-2)17-39-24-12-14-35(20-8-6-19(31)7-9-20)29(37)26(24)22(36)16-18-5-10-23(21(32)15-18)42-25-11-13-34-28(33)27(25)30/h5-15H,3-4,16-17H2,1-2H3,(H2,33,34). The van der Waals surface area contributed by atoms with E-state index in [1.54, 1.807) is 13.8 Å². The van der Waals surface area contributed by atoms with Crippen LogP contribution in [0.3, 0.4) is 0 Å². The normalized spacial score (nSPS) is 11.4. The van der Waals surface area contributed by atoms with Crippen molar-refractivity contribution in [3.63, 3.8) is 0 Å². The Hall–Kier alpha value is -4.09. The maximum atomic E-state index is 15.0. The minimum absolute atomic E-state index is 0.00726. The average molecular weight is 634 g/mol. The Balaban J connectivity index is 1.66. The lowest BCUT2D eigenvalue weighted by Crippen LogP contribution is -2.27. The topological polar surface area (TPSA) is 132 Å². The number of aromatic nitrogens is 2. The van der Waals surface area contributed by atoms with Crippen LogP contribution in [0.4, 0.5) is 14.6 Å². The Morgan fingerprint density at radius 1 is 1.00 bits per heavy atom. The van der Waals surface area contributed by atoms with E-state index in [4.69, 9.17) is 35.9 Å². The fraction of sp³-hybridized carbons (Fsp3) is 0.207. The first-order chi connectivity index (χ1) is 20.5. The molecule has 4 rings (SSSR count). The van der Waals surface area contributed by atoms with Gasteiger partial charge in [-0.2, -0.15) is 0 Å². The molecule has 2 N–H and O–H groups in total. The van der Waals surface area contributed by atoms with Crippen LogP contribution in [0.5, 0.6) is 17.2 Å². The summed E-state index contributed by atoms with van der Waals surface area (Å²) in [6, 6.07) is 11.6. The van der Waals surface area contributed by atoms with Gasteiger partial charge in [0.15, 0.2) is 29.4 Å². The number of carbonyl (C=O) groups excluding carboxylic acids is 1. The van der Waals surface area contributed by atoms with Crippen LogP contribution in [0, 0.1) is 11.6 Å². The molecule has 2 aromatic heterocycles. The molecule has 0 radical (unpaired) electrons. The number of pyridine rings is 2. The molecule has 0 amide bonds. The zero-order valence-corrected chi connectivity index (χ0v) is 24.7. The Bertz CT molecular complexity index is 1720. The van der Waals surface area contributed by atoms with E-state index in [1.165, 1.54) is 48.8 Å². The van der Waals surface area contributed by atoms with Crippen LogP contribution in [-0.4, -0.2) is 34.9 Å². The summed E-state index contributed by atoms with van der Waals surface area (Å²) in [5, 5.41) is 0.00779. The third-order valence-electron chi connectivity index (χ3n) is 5.93. The molecule has 2 aromatic carbocycles. The van der Waals surface area contributed by atoms with Gasteiger partial charge in [-0.3, -0.25) is 18.7 Å². The van der Waals surface area contributed by atoms with Crippen molar-refractivity contribution in [1.82, 2.24) is 9.55 Å². The third-order valence-corrected chi connectivity index (χ3v) is 8.06. The summed E-state index contributed by atoms with van der Waals surface area (Å²) in [6.07, 6.45) is 1.70. The second kappa shape index (κ2) is 13.9. The molecule has 0 spiro atoms. The number of ketones is 1. The van der Waals surface area contributed by atoms with Gasteiger partial charge < -0.3 is 24.3 Å². The minimum atomic E-state index is -3.71. The largest absolute Gasteiger partial charge is 0.480 e. The smallest absolute Gasteiger partial charge is 0.367 e. The van der Waals surface area contributed by atoms with Crippen LogP contribution in [0.15, 0.2) is 71.8 Å². The van der Waals surface area contributed by atoms with E-state index in [9.17, 15) is 22.9 Å². The van der Waals surface area contributed by atoms with Crippen molar-refractivity contribution in [3.05, 3.63) is 105 Å². The van der Waals surface area contributed by atoms with Crippen molar-refractivity contribution in [2.75, 3.05) is 25.3 Å². The van der Waals surface area contributed by atoms with E-state index < -0.39 is 48.9 Å².